The normalized spacial score (nSPS) is 11.0. The van der Waals surface area contributed by atoms with Crippen molar-refractivity contribution < 1.29 is 36.0 Å². The number of aryl methyl sites for hydroxylation is 1. The molecule has 2 aromatic carbocycles. The molecular weight excluding hydrogens is 648 g/mol. The fourth-order valence-corrected chi connectivity index (χ4v) is 4.93. The van der Waals surface area contributed by atoms with Gasteiger partial charge in [0, 0.05) is 37.8 Å². The van der Waals surface area contributed by atoms with Crippen LogP contribution in [0.25, 0.3) is 0 Å². The first-order chi connectivity index (χ1) is 22.9. The van der Waals surface area contributed by atoms with Crippen molar-refractivity contribution in [3.63, 3.8) is 0 Å². The lowest BCUT2D eigenvalue weighted by Gasteiger charge is -2.08. The molecular formula is C33H33F2N5O7S. The van der Waals surface area contributed by atoms with Crippen molar-refractivity contribution in [1.29, 1.82) is 0 Å². The molecule has 252 valence electrons. The number of amides is 1. The number of ether oxygens (including phenoxy) is 2. The zero-order valence-corrected chi connectivity index (χ0v) is 27.1. The van der Waals surface area contributed by atoms with Crippen LogP contribution in [0.2, 0.25) is 0 Å². The molecule has 2 N–H and O–H groups in total. The highest BCUT2D eigenvalue weighted by Gasteiger charge is 2.18. The number of benzene rings is 2. The third-order valence-corrected chi connectivity index (χ3v) is 7.78. The lowest BCUT2D eigenvalue weighted by atomic mass is 10.1. The Morgan fingerprint density at radius 2 is 1.58 bits per heavy atom. The van der Waals surface area contributed by atoms with Crippen molar-refractivity contribution in [3.05, 3.63) is 141 Å². The van der Waals surface area contributed by atoms with E-state index in [2.05, 4.69) is 15.4 Å². The number of hydrogen-bond donors (Lipinski definition) is 2. The second-order valence-corrected chi connectivity index (χ2v) is 11.9. The number of carbonyl (C=O) groups is 1. The van der Waals surface area contributed by atoms with Gasteiger partial charge >= 0.3 is 0 Å². The second kappa shape index (κ2) is 16.0. The molecule has 0 fully saturated rings. The molecule has 0 saturated heterocycles. The van der Waals surface area contributed by atoms with E-state index < -0.39 is 27.7 Å². The van der Waals surface area contributed by atoms with E-state index in [1.807, 2.05) is 31.2 Å². The largest absolute Gasteiger partial charge is 0.494 e. The maximum absolute atomic E-state index is 14.4. The Hall–Kier alpha value is -5.25. The fourth-order valence-electron chi connectivity index (χ4n) is 4.45. The highest BCUT2D eigenvalue weighted by Crippen LogP contribution is 2.18. The summed E-state index contributed by atoms with van der Waals surface area (Å²) in [4.78, 5) is 28.7. The van der Waals surface area contributed by atoms with Crippen LogP contribution >= 0.6 is 0 Å². The molecule has 0 radical (unpaired) electrons. The number of halogens is 2. The second-order valence-electron chi connectivity index (χ2n) is 10.5. The zero-order valence-electron chi connectivity index (χ0n) is 26.3. The van der Waals surface area contributed by atoms with Crippen LogP contribution in [0.4, 0.5) is 8.78 Å². The van der Waals surface area contributed by atoms with Crippen molar-refractivity contribution in [2.45, 2.75) is 38.1 Å². The predicted octanol–water partition coefficient (Wildman–Crippen LogP) is 4.14. The molecule has 5 rings (SSSR count). The molecule has 0 aliphatic heterocycles. The van der Waals surface area contributed by atoms with E-state index in [-0.39, 0.29) is 41.6 Å². The summed E-state index contributed by atoms with van der Waals surface area (Å²) in [5, 5.41) is 7.12. The number of pyridine rings is 2. The van der Waals surface area contributed by atoms with Crippen LogP contribution in [-0.4, -0.2) is 52.4 Å². The van der Waals surface area contributed by atoms with Gasteiger partial charge in [0.2, 0.25) is 0 Å². The Morgan fingerprint density at radius 3 is 2.21 bits per heavy atom. The van der Waals surface area contributed by atoms with Crippen LogP contribution in [0.15, 0.2) is 95.0 Å². The molecule has 48 heavy (non-hydrogen) atoms. The Labute approximate surface area is 275 Å². The molecule has 0 aliphatic rings. The molecule has 0 saturated carbocycles. The molecule has 15 heteroatoms. The van der Waals surface area contributed by atoms with E-state index in [1.54, 1.807) is 23.0 Å². The van der Waals surface area contributed by atoms with Crippen molar-refractivity contribution in [1.82, 2.24) is 24.6 Å². The van der Waals surface area contributed by atoms with Crippen LogP contribution in [0.1, 0.15) is 38.4 Å². The predicted molar refractivity (Wildman–Crippen MR) is 171 cm³/mol. The van der Waals surface area contributed by atoms with Gasteiger partial charge in [0.15, 0.2) is 11.6 Å². The van der Waals surface area contributed by atoms with Gasteiger partial charge in [0.25, 0.3) is 21.6 Å². The van der Waals surface area contributed by atoms with E-state index >= 15 is 0 Å². The minimum atomic E-state index is -4.02. The number of nitrogens with zero attached hydrogens (tertiary/aromatic N) is 4. The SMILES string of the molecule is COCc1nn(Cc2ccc(Cn3cc(F)ccc3=O)cc2)cc1C(=O)NCc1nccc(OC)c1F.Cc1ccc(S(=O)(=O)O)cc1. The fraction of sp³-hybridized carbons (Fsp3) is 0.212. The molecule has 0 unspecified atom stereocenters. The monoisotopic (exact) mass is 681 g/mol. The summed E-state index contributed by atoms with van der Waals surface area (Å²) in [6.07, 6.45) is 4.17. The number of methoxy groups -OCH3 is 2. The lowest BCUT2D eigenvalue weighted by molar-refractivity contribution is 0.0945. The summed E-state index contributed by atoms with van der Waals surface area (Å²) in [5.41, 5.74) is 3.18. The van der Waals surface area contributed by atoms with Gasteiger partial charge in [-0.25, -0.2) is 8.78 Å². The number of nitrogens with one attached hydrogen (secondary N) is 1. The first-order valence-corrected chi connectivity index (χ1v) is 15.8. The highest BCUT2D eigenvalue weighted by atomic mass is 32.2. The van der Waals surface area contributed by atoms with Gasteiger partial charge in [0.05, 0.1) is 49.5 Å². The van der Waals surface area contributed by atoms with E-state index in [1.165, 1.54) is 55.4 Å². The highest BCUT2D eigenvalue weighted by molar-refractivity contribution is 7.85. The Balaban J connectivity index is 0.000000401. The van der Waals surface area contributed by atoms with E-state index in [4.69, 9.17) is 14.0 Å². The minimum absolute atomic E-state index is 0.0427. The first kappa shape index (κ1) is 35.6. The van der Waals surface area contributed by atoms with Gasteiger partial charge < -0.3 is 19.4 Å². The Kier molecular flexibility index (Phi) is 11.9. The lowest BCUT2D eigenvalue weighted by Crippen LogP contribution is -2.24. The van der Waals surface area contributed by atoms with Crippen LogP contribution in [0, 0.1) is 18.6 Å². The molecule has 1 amide bonds. The maximum atomic E-state index is 14.4. The third kappa shape index (κ3) is 9.63. The Bertz CT molecular complexity index is 2030. The van der Waals surface area contributed by atoms with Crippen molar-refractivity contribution >= 4 is 16.0 Å². The molecule has 12 nitrogen and oxygen atoms in total. The van der Waals surface area contributed by atoms with E-state index in [0.29, 0.717) is 17.8 Å². The van der Waals surface area contributed by atoms with Gasteiger partial charge in [-0.2, -0.15) is 13.5 Å². The topological polar surface area (TPSA) is 155 Å². The van der Waals surface area contributed by atoms with Crippen molar-refractivity contribution in [3.8, 4) is 5.75 Å². The number of carbonyl (C=O) groups excluding carboxylic acids is 1. The van der Waals surface area contributed by atoms with E-state index in [9.17, 15) is 26.8 Å². The summed E-state index contributed by atoms with van der Waals surface area (Å²) >= 11 is 0. The standard InChI is InChI=1S/C26H25F2N5O4.C7H8O3S/c1-36-16-22-20(26(35)30-11-21-25(28)23(37-2)9-10-29-21)15-33(31-22)13-18-5-3-17(4-6-18)12-32-14-19(27)7-8-24(32)34;1-6-2-4-7(5-3-6)11(8,9)10/h3-10,14-15H,11-13,16H2,1-2H3,(H,30,35);2-5H,1H3,(H,8,9,10). The number of aromatic nitrogens is 4. The van der Waals surface area contributed by atoms with Crippen LogP contribution in [0.5, 0.6) is 5.75 Å². The summed E-state index contributed by atoms with van der Waals surface area (Å²) < 4.78 is 70.4. The number of hydrogen-bond acceptors (Lipinski definition) is 8. The summed E-state index contributed by atoms with van der Waals surface area (Å²) in [7, 11) is -1.17. The smallest absolute Gasteiger partial charge is 0.294 e. The number of rotatable bonds is 11. The maximum Gasteiger partial charge on any atom is 0.294 e. The van der Waals surface area contributed by atoms with Crippen LogP contribution in [0.3, 0.4) is 0 Å². The van der Waals surface area contributed by atoms with Crippen LogP contribution < -0.4 is 15.6 Å². The first-order valence-electron chi connectivity index (χ1n) is 14.4. The third-order valence-electron chi connectivity index (χ3n) is 6.91. The van der Waals surface area contributed by atoms with E-state index in [0.717, 1.165) is 22.8 Å². The molecule has 0 atom stereocenters. The minimum Gasteiger partial charge on any atom is -0.494 e. The van der Waals surface area contributed by atoms with Crippen molar-refractivity contribution in [2.75, 3.05) is 14.2 Å². The summed E-state index contributed by atoms with van der Waals surface area (Å²) in [6.45, 7) is 2.44. The average molecular weight is 682 g/mol. The van der Waals surface area contributed by atoms with Gasteiger partial charge in [-0.05, 0) is 36.2 Å². The average Bonchev–Trinajstić information content (AvgIpc) is 3.45. The molecule has 3 aromatic heterocycles. The van der Waals surface area contributed by atoms with Gasteiger partial charge in [-0.1, -0.05) is 42.0 Å². The summed E-state index contributed by atoms with van der Waals surface area (Å²) in [5.74, 6) is -1.52. The molecule has 0 spiro atoms. The summed E-state index contributed by atoms with van der Waals surface area (Å²) in [6, 6.07) is 17.1. The molecule has 0 bridgehead atoms. The molecule has 0 aliphatic carbocycles. The Morgan fingerprint density at radius 1 is 0.917 bits per heavy atom. The zero-order chi connectivity index (χ0) is 34.8. The molecule has 5 aromatic rings. The van der Waals surface area contributed by atoms with Gasteiger partial charge in [0.1, 0.15) is 11.5 Å². The quantitative estimate of drug-likeness (QED) is 0.196. The van der Waals surface area contributed by atoms with Gasteiger partial charge in [-0.3, -0.25) is 23.8 Å². The van der Waals surface area contributed by atoms with Crippen molar-refractivity contribution in [2.24, 2.45) is 0 Å². The molecule has 3 heterocycles. The van der Waals surface area contributed by atoms with Crippen LogP contribution in [-0.2, 0) is 41.1 Å². The van der Waals surface area contributed by atoms with Gasteiger partial charge in [-0.15, -0.1) is 0 Å².